The van der Waals surface area contributed by atoms with Gasteiger partial charge in [-0.05, 0) is 19.9 Å². The van der Waals surface area contributed by atoms with E-state index in [0.717, 1.165) is 0 Å². The molecule has 0 amide bonds. The fourth-order valence-corrected chi connectivity index (χ4v) is 1.72. The van der Waals surface area contributed by atoms with Gasteiger partial charge in [0, 0.05) is 13.8 Å². The van der Waals surface area contributed by atoms with Gasteiger partial charge in [0.05, 0.1) is 6.26 Å². The smallest absolute Gasteiger partial charge is 0.303 e. The fourth-order valence-electron chi connectivity index (χ4n) is 1.72. The van der Waals surface area contributed by atoms with Gasteiger partial charge in [-0.2, -0.15) is 0 Å². The van der Waals surface area contributed by atoms with Crippen LogP contribution >= 0.6 is 0 Å². The predicted octanol–water partition coefficient (Wildman–Crippen LogP) is 1.17. The Labute approximate surface area is 94.4 Å². The van der Waals surface area contributed by atoms with Crippen molar-refractivity contribution in [2.45, 2.75) is 45.5 Å². The molecular formula is C11H16O5. The Hall–Kier alpha value is -1.52. The average Bonchev–Trinajstić information content (AvgIpc) is 2.10. The van der Waals surface area contributed by atoms with Crippen LogP contribution in [0.5, 0.6) is 0 Å². The highest BCUT2D eigenvalue weighted by Gasteiger charge is 2.44. The Morgan fingerprint density at radius 1 is 1.31 bits per heavy atom. The third-order valence-electron chi connectivity index (χ3n) is 2.34. The molecule has 1 aliphatic heterocycles. The molecule has 0 aromatic heterocycles. The van der Waals surface area contributed by atoms with Crippen LogP contribution in [-0.2, 0) is 23.8 Å². The lowest BCUT2D eigenvalue weighted by atomic mass is 9.93. The minimum atomic E-state index is -0.977. The number of hydrogen-bond acceptors (Lipinski definition) is 5. The summed E-state index contributed by atoms with van der Waals surface area (Å²) in [6.07, 6.45) is 2.02. The molecule has 0 saturated heterocycles. The topological polar surface area (TPSA) is 61.8 Å². The quantitative estimate of drug-likeness (QED) is 0.664. The first kappa shape index (κ1) is 12.5. The second kappa shape index (κ2) is 4.55. The molecule has 5 heteroatoms. The number of carbonyl (C=O) groups excluding carboxylic acids is 2. The highest BCUT2D eigenvalue weighted by Crippen LogP contribution is 2.29. The van der Waals surface area contributed by atoms with Crippen molar-refractivity contribution in [2.75, 3.05) is 0 Å². The van der Waals surface area contributed by atoms with Crippen LogP contribution in [0, 0.1) is 0 Å². The van der Waals surface area contributed by atoms with Gasteiger partial charge in [0.1, 0.15) is 6.10 Å². The number of carbonyl (C=O) groups is 2. The van der Waals surface area contributed by atoms with Gasteiger partial charge in [0.25, 0.3) is 0 Å². The first-order chi connectivity index (χ1) is 7.35. The van der Waals surface area contributed by atoms with E-state index < -0.39 is 23.6 Å². The van der Waals surface area contributed by atoms with Crippen LogP contribution in [-0.4, -0.2) is 29.7 Å². The molecule has 3 atom stereocenters. The standard InChI is InChI=1S/C11H16O5/c1-7-10(15-8(2)12)11(4,5-6-14-7)16-9(3)13/h5-7,10H,1-4H3/t7-,10-,11-/m0/s1. The van der Waals surface area contributed by atoms with Crippen LogP contribution in [0.3, 0.4) is 0 Å². The molecule has 0 unspecified atom stereocenters. The highest BCUT2D eigenvalue weighted by atomic mass is 16.6. The zero-order valence-electron chi connectivity index (χ0n) is 9.85. The number of hydrogen-bond donors (Lipinski definition) is 0. The van der Waals surface area contributed by atoms with Gasteiger partial charge < -0.3 is 14.2 Å². The van der Waals surface area contributed by atoms with E-state index in [4.69, 9.17) is 14.2 Å². The molecule has 16 heavy (non-hydrogen) atoms. The predicted molar refractivity (Wildman–Crippen MR) is 55.4 cm³/mol. The summed E-state index contributed by atoms with van der Waals surface area (Å²) in [5.41, 5.74) is -0.977. The average molecular weight is 228 g/mol. The Morgan fingerprint density at radius 3 is 2.44 bits per heavy atom. The number of ether oxygens (including phenoxy) is 3. The number of esters is 2. The van der Waals surface area contributed by atoms with E-state index in [0.29, 0.717) is 0 Å². The molecule has 1 heterocycles. The first-order valence-corrected chi connectivity index (χ1v) is 5.05. The molecule has 0 spiro atoms. The van der Waals surface area contributed by atoms with Crippen molar-refractivity contribution in [1.29, 1.82) is 0 Å². The van der Waals surface area contributed by atoms with E-state index in [1.807, 2.05) is 0 Å². The lowest BCUT2D eigenvalue weighted by Gasteiger charge is -2.39. The molecule has 0 aliphatic carbocycles. The summed E-state index contributed by atoms with van der Waals surface area (Å²) in [6, 6.07) is 0. The Balaban J connectivity index is 2.92. The third-order valence-corrected chi connectivity index (χ3v) is 2.34. The van der Waals surface area contributed by atoms with Gasteiger partial charge in [-0.1, -0.05) is 0 Å². The zero-order chi connectivity index (χ0) is 12.3. The van der Waals surface area contributed by atoms with Crippen LogP contribution < -0.4 is 0 Å². The van der Waals surface area contributed by atoms with Crippen molar-refractivity contribution >= 4 is 11.9 Å². The van der Waals surface area contributed by atoms with Crippen LogP contribution in [0.4, 0.5) is 0 Å². The molecular weight excluding hydrogens is 212 g/mol. The molecule has 0 aromatic carbocycles. The van der Waals surface area contributed by atoms with Gasteiger partial charge in [-0.3, -0.25) is 9.59 Å². The van der Waals surface area contributed by atoms with Gasteiger partial charge in [0.2, 0.25) is 0 Å². The van der Waals surface area contributed by atoms with E-state index in [-0.39, 0.29) is 6.10 Å². The second-order valence-corrected chi connectivity index (χ2v) is 3.95. The minimum absolute atomic E-state index is 0.363. The maximum Gasteiger partial charge on any atom is 0.303 e. The Kier molecular flexibility index (Phi) is 3.57. The van der Waals surface area contributed by atoms with E-state index in [2.05, 4.69) is 0 Å². The van der Waals surface area contributed by atoms with Gasteiger partial charge >= 0.3 is 11.9 Å². The molecule has 0 aromatic rings. The summed E-state index contributed by atoms with van der Waals surface area (Å²) in [7, 11) is 0. The molecule has 5 nitrogen and oxygen atoms in total. The molecule has 0 fully saturated rings. The maximum absolute atomic E-state index is 11.0. The van der Waals surface area contributed by atoms with Crippen molar-refractivity contribution in [2.24, 2.45) is 0 Å². The second-order valence-electron chi connectivity index (χ2n) is 3.95. The van der Waals surface area contributed by atoms with Crippen molar-refractivity contribution in [3.8, 4) is 0 Å². The Bertz CT molecular complexity index is 322. The number of rotatable bonds is 2. The molecule has 0 saturated carbocycles. The summed E-state index contributed by atoms with van der Waals surface area (Å²) in [5.74, 6) is -0.868. The van der Waals surface area contributed by atoms with Crippen LogP contribution in [0.25, 0.3) is 0 Å². The van der Waals surface area contributed by atoms with Crippen molar-refractivity contribution in [3.05, 3.63) is 12.3 Å². The fraction of sp³-hybridized carbons (Fsp3) is 0.636. The summed E-state index contributed by atoms with van der Waals surface area (Å²) >= 11 is 0. The van der Waals surface area contributed by atoms with Gasteiger partial charge in [0.15, 0.2) is 11.7 Å². The summed E-state index contributed by atoms with van der Waals surface area (Å²) in [5, 5.41) is 0. The lowest BCUT2D eigenvalue weighted by Crippen LogP contribution is -2.52. The van der Waals surface area contributed by atoms with Gasteiger partial charge in [-0.15, -0.1) is 0 Å². The van der Waals surface area contributed by atoms with E-state index >= 15 is 0 Å². The summed E-state index contributed by atoms with van der Waals surface area (Å²) in [6.45, 7) is 6.04. The van der Waals surface area contributed by atoms with Crippen molar-refractivity contribution in [3.63, 3.8) is 0 Å². The molecule has 1 rings (SSSR count). The normalized spacial score (nSPS) is 32.8. The van der Waals surface area contributed by atoms with Gasteiger partial charge in [-0.25, -0.2) is 0 Å². The largest absolute Gasteiger partial charge is 0.494 e. The third kappa shape index (κ3) is 2.74. The molecule has 0 bridgehead atoms. The minimum Gasteiger partial charge on any atom is -0.494 e. The van der Waals surface area contributed by atoms with E-state index in [9.17, 15) is 9.59 Å². The zero-order valence-corrected chi connectivity index (χ0v) is 9.85. The maximum atomic E-state index is 11.0. The summed E-state index contributed by atoms with van der Waals surface area (Å²) < 4.78 is 15.5. The SMILES string of the molecule is CC(=O)O[C@H]1[C@H](C)OC=C[C@]1(C)OC(C)=O. The Morgan fingerprint density at radius 2 is 1.94 bits per heavy atom. The lowest BCUT2D eigenvalue weighted by molar-refractivity contribution is -0.188. The van der Waals surface area contributed by atoms with E-state index in [1.165, 1.54) is 20.1 Å². The van der Waals surface area contributed by atoms with Crippen LogP contribution in [0.15, 0.2) is 12.3 Å². The first-order valence-electron chi connectivity index (χ1n) is 5.05. The highest BCUT2D eigenvalue weighted by molar-refractivity contribution is 5.68. The van der Waals surface area contributed by atoms with E-state index in [1.54, 1.807) is 19.9 Å². The molecule has 0 radical (unpaired) electrons. The van der Waals surface area contributed by atoms with Crippen LogP contribution in [0.1, 0.15) is 27.7 Å². The summed E-state index contributed by atoms with van der Waals surface area (Å²) in [4.78, 5) is 22.0. The monoisotopic (exact) mass is 228 g/mol. The molecule has 90 valence electrons. The molecule has 1 aliphatic rings. The van der Waals surface area contributed by atoms with Crippen LogP contribution in [0.2, 0.25) is 0 Å². The van der Waals surface area contributed by atoms with Crippen molar-refractivity contribution in [1.82, 2.24) is 0 Å². The molecule has 0 N–H and O–H groups in total. The van der Waals surface area contributed by atoms with Crippen molar-refractivity contribution < 1.29 is 23.8 Å².